The highest BCUT2D eigenvalue weighted by Gasteiger charge is 2.33. The van der Waals surface area contributed by atoms with Crippen LogP contribution < -0.4 is 35.6 Å². The van der Waals surface area contributed by atoms with Gasteiger partial charge in [0.15, 0.2) is 11.5 Å². The summed E-state index contributed by atoms with van der Waals surface area (Å²) in [6.07, 6.45) is -0.984. The molecular formula is C54H83N9O10. The van der Waals surface area contributed by atoms with Crippen LogP contribution in [0, 0.1) is 11.8 Å². The summed E-state index contributed by atoms with van der Waals surface area (Å²) in [5.74, 6) is 0.432. The van der Waals surface area contributed by atoms with Crippen LogP contribution in [0.4, 0.5) is 9.59 Å². The summed E-state index contributed by atoms with van der Waals surface area (Å²) in [4.78, 5) is 63.4. The number of ether oxygens (including phenoxy) is 5. The SMILES string of the molecule is CCOc1ccc(COc2ccc(CN(CC(O)C(Cc3ccccc3)NC(=O)[C@@H](NC(=O)N(C)CCN3CCOCC3)C(C)C)NC(=O)[C@@H](NC(=O)N(C)CCN3CCOCC3)C(C)C)cc2)cc1OCC. The fourth-order valence-electron chi connectivity index (χ4n) is 8.41. The van der Waals surface area contributed by atoms with Crippen molar-refractivity contribution in [2.24, 2.45) is 11.8 Å². The average Bonchev–Trinajstić information content (AvgIpc) is 3.38. The predicted octanol–water partition coefficient (Wildman–Crippen LogP) is 3.98. The number of hydrogen-bond acceptors (Lipinski definition) is 13. The van der Waals surface area contributed by atoms with Crippen molar-refractivity contribution >= 4 is 23.9 Å². The molecule has 6 amide bonds. The van der Waals surface area contributed by atoms with Gasteiger partial charge in [-0.25, -0.2) is 14.6 Å². The summed E-state index contributed by atoms with van der Waals surface area (Å²) >= 11 is 0. The number of nitrogens with zero attached hydrogens (tertiary/aromatic N) is 5. The molecule has 0 aliphatic carbocycles. The van der Waals surface area contributed by atoms with E-state index >= 15 is 0 Å². The molecule has 3 aromatic rings. The molecule has 404 valence electrons. The number of urea groups is 2. The maximum atomic E-state index is 14.4. The normalized spacial score (nSPS) is 16.0. The topological polar surface area (TPSA) is 199 Å². The lowest BCUT2D eigenvalue weighted by molar-refractivity contribution is -0.131. The Morgan fingerprint density at radius 3 is 1.70 bits per heavy atom. The van der Waals surface area contributed by atoms with Crippen LogP contribution in [0.5, 0.6) is 17.2 Å². The van der Waals surface area contributed by atoms with E-state index in [-0.39, 0.29) is 50.0 Å². The first-order valence-electron chi connectivity index (χ1n) is 25.9. The number of carbonyl (C=O) groups is 4. The molecule has 5 N–H and O–H groups in total. The second kappa shape index (κ2) is 30.5. The van der Waals surface area contributed by atoms with Gasteiger partial charge < -0.3 is 54.5 Å². The van der Waals surface area contributed by atoms with Crippen molar-refractivity contribution in [1.29, 1.82) is 0 Å². The van der Waals surface area contributed by atoms with Crippen molar-refractivity contribution in [2.75, 3.05) is 113 Å². The van der Waals surface area contributed by atoms with Crippen LogP contribution in [-0.2, 0) is 38.6 Å². The van der Waals surface area contributed by atoms with E-state index in [1.165, 1.54) is 0 Å². The Morgan fingerprint density at radius 2 is 1.16 bits per heavy atom. The van der Waals surface area contributed by atoms with Crippen LogP contribution in [0.1, 0.15) is 58.2 Å². The largest absolute Gasteiger partial charge is 0.490 e. The smallest absolute Gasteiger partial charge is 0.317 e. The monoisotopic (exact) mass is 1020 g/mol. The van der Waals surface area contributed by atoms with Crippen molar-refractivity contribution < 1.29 is 48.0 Å². The predicted molar refractivity (Wildman–Crippen MR) is 280 cm³/mol. The fraction of sp³-hybridized carbons (Fsp3) is 0.593. The van der Waals surface area contributed by atoms with E-state index in [0.29, 0.717) is 83.1 Å². The average molecular weight is 1020 g/mol. The number of likely N-dealkylation sites (N-methyl/N-ethyl adjacent to an activating group) is 2. The Morgan fingerprint density at radius 1 is 0.644 bits per heavy atom. The molecule has 0 bridgehead atoms. The molecule has 0 spiro atoms. The highest BCUT2D eigenvalue weighted by atomic mass is 16.5. The standard InChI is InChI=1S/C54H83N9O10/c1-9-71-47-21-18-43(35-48(47)72-10-2)38-73-44-19-16-42(17-20-44)36-63(58-52(66)50(40(5)6)57-54(68)60(8)23-25-62-28-32-70-33-29-62)37-46(64)45(34-41-14-12-11-13-15-41)55-51(65)49(39(3)4)56-53(67)59(7)22-24-61-26-30-69-31-27-61/h11-21,35,39-40,45-46,49-50,64H,9-10,22-34,36-38H2,1-8H3,(H,55,65)(H,56,67)(H,57,68)(H,58,66)/t45?,46?,49-,50-/m0/s1. The number of hydrogen-bond donors (Lipinski definition) is 5. The molecule has 2 aliphatic heterocycles. The maximum Gasteiger partial charge on any atom is 0.317 e. The van der Waals surface area contributed by atoms with Gasteiger partial charge in [0, 0.05) is 79.5 Å². The molecule has 3 aromatic carbocycles. The van der Waals surface area contributed by atoms with Crippen LogP contribution in [0.25, 0.3) is 0 Å². The van der Waals surface area contributed by atoms with Crippen molar-refractivity contribution in [2.45, 2.75) is 85.3 Å². The Kier molecular flexibility index (Phi) is 24.3. The minimum atomic E-state index is -1.24. The summed E-state index contributed by atoms with van der Waals surface area (Å²) < 4.78 is 28.6. The lowest BCUT2D eigenvalue weighted by atomic mass is 9.98. The molecular weight excluding hydrogens is 935 g/mol. The molecule has 2 saturated heterocycles. The first-order valence-corrected chi connectivity index (χ1v) is 25.9. The lowest BCUT2D eigenvalue weighted by Crippen LogP contribution is -2.60. The lowest BCUT2D eigenvalue weighted by Gasteiger charge is -2.34. The van der Waals surface area contributed by atoms with Crippen LogP contribution in [-0.4, -0.2) is 190 Å². The minimum absolute atomic E-state index is 0.122. The van der Waals surface area contributed by atoms with Gasteiger partial charge in [-0.1, -0.05) is 76.2 Å². The molecule has 0 aromatic heterocycles. The van der Waals surface area contributed by atoms with Gasteiger partial charge in [-0.05, 0) is 73.1 Å². The van der Waals surface area contributed by atoms with Gasteiger partial charge in [0.2, 0.25) is 5.91 Å². The third kappa shape index (κ3) is 19.6. The van der Waals surface area contributed by atoms with Gasteiger partial charge in [0.1, 0.15) is 24.4 Å². The van der Waals surface area contributed by atoms with Crippen LogP contribution in [0.2, 0.25) is 0 Å². The fourth-order valence-corrected chi connectivity index (χ4v) is 8.41. The molecule has 5 rings (SSSR count). The van der Waals surface area contributed by atoms with Gasteiger partial charge >= 0.3 is 12.1 Å². The number of carbonyl (C=O) groups excluding carboxylic acids is 4. The van der Waals surface area contributed by atoms with E-state index in [0.717, 1.165) is 42.9 Å². The van der Waals surface area contributed by atoms with E-state index in [9.17, 15) is 24.3 Å². The number of nitrogens with one attached hydrogen (secondary N) is 4. The van der Waals surface area contributed by atoms with E-state index in [2.05, 4.69) is 31.2 Å². The summed E-state index contributed by atoms with van der Waals surface area (Å²) in [5, 5.41) is 22.8. The van der Waals surface area contributed by atoms with Crippen molar-refractivity contribution in [1.82, 2.24) is 46.0 Å². The Balaban J connectivity index is 1.33. The highest BCUT2D eigenvalue weighted by Crippen LogP contribution is 2.29. The quantitative estimate of drug-likeness (QED) is 0.0656. The number of amides is 6. The first kappa shape index (κ1) is 58.2. The van der Waals surface area contributed by atoms with Gasteiger partial charge in [0.25, 0.3) is 5.91 Å². The zero-order valence-electron chi connectivity index (χ0n) is 44.5. The Hall–Kier alpha value is -5.70. The molecule has 19 nitrogen and oxygen atoms in total. The Labute approximate surface area is 433 Å². The van der Waals surface area contributed by atoms with Crippen molar-refractivity contribution in [3.63, 3.8) is 0 Å². The third-order valence-corrected chi connectivity index (χ3v) is 12.9. The minimum Gasteiger partial charge on any atom is -0.490 e. The number of aliphatic hydroxyl groups is 1. The number of hydrazine groups is 1. The van der Waals surface area contributed by atoms with Gasteiger partial charge in [0.05, 0.1) is 51.8 Å². The van der Waals surface area contributed by atoms with Crippen LogP contribution >= 0.6 is 0 Å². The molecule has 0 saturated carbocycles. The van der Waals surface area contributed by atoms with Crippen molar-refractivity contribution in [3.05, 3.63) is 89.5 Å². The molecule has 2 heterocycles. The highest BCUT2D eigenvalue weighted by molar-refractivity contribution is 5.88. The molecule has 2 aliphatic rings. The van der Waals surface area contributed by atoms with Gasteiger partial charge in [-0.15, -0.1) is 0 Å². The maximum absolute atomic E-state index is 14.4. The third-order valence-electron chi connectivity index (χ3n) is 12.9. The molecule has 19 heteroatoms. The van der Waals surface area contributed by atoms with Crippen LogP contribution in [0.3, 0.4) is 0 Å². The molecule has 73 heavy (non-hydrogen) atoms. The van der Waals surface area contributed by atoms with E-state index in [1.807, 2.05) is 114 Å². The molecule has 2 fully saturated rings. The second-order valence-electron chi connectivity index (χ2n) is 19.4. The second-order valence-corrected chi connectivity index (χ2v) is 19.4. The number of aliphatic hydroxyl groups excluding tert-OH is 1. The molecule has 4 atom stereocenters. The van der Waals surface area contributed by atoms with Crippen molar-refractivity contribution in [3.8, 4) is 17.2 Å². The zero-order chi connectivity index (χ0) is 52.7. The van der Waals surface area contributed by atoms with Gasteiger partial charge in [-0.2, -0.15) is 0 Å². The summed E-state index contributed by atoms with van der Waals surface area (Å²) in [6, 6.07) is 19.2. The summed E-state index contributed by atoms with van der Waals surface area (Å²) in [6.45, 7) is 20.7. The van der Waals surface area contributed by atoms with Gasteiger partial charge in [-0.3, -0.25) is 24.8 Å². The summed E-state index contributed by atoms with van der Waals surface area (Å²) in [5.41, 5.74) is 5.58. The van der Waals surface area contributed by atoms with E-state index in [4.69, 9.17) is 23.7 Å². The molecule has 0 radical (unpaired) electrons. The number of morpholine rings is 2. The van der Waals surface area contributed by atoms with Crippen LogP contribution in [0.15, 0.2) is 72.8 Å². The van der Waals surface area contributed by atoms with E-state index < -0.39 is 36.0 Å². The van der Waals surface area contributed by atoms with E-state index in [1.54, 1.807) is 28.9 Å². The number of benzene rings is 3. The first-order chi connectivity index (χ1) is 35.1. The zero-order valence-corrected chi connectivity index (χ0v) is 44.5. The summed E-state index contributed by atoms with van der Waals surface area (Å²) in [7, 11) is 3.41. The number of rotatable bonds is 28. The molecule has 2 unspecified atom stereocenters. The Bertz CT molecular complexity index is 2120.